The van der Waals surface area contributed by atoms with E-state index in [1.54, 1.807) is 12.1 Å². The van der Waals surface area contributed by atoms with Gasteiger partial charge < -0.3 is 4.90 Å². The van der Waals surface area contributed by atoms with E-state index in [4.69, 9.17) is 0 Å². The van der Waals surface area contributed by atoms with E-state index < -0.39 is 0 Å². The van der Waals surface area contributed by atoms with Crippen molar-refractivity contribution in [2.24, 2.45) is 0 Å². The zero-order valence-electron chi connectivity index (χ0n) is 11.4. The molecular formula is C17H18FNO. The molecule has 3 heteroatoms. The fraction of sp³-hybridized carbons (Fsp3) is 0.353. The molecule has 0 saturated carbocycles. The summed E-state index contributed by atoms with van der Waals surface area (Å²) in [4.78, 5) is 14.3. The number of carbonyl (C=O) groups is 1. The first-order chi connectivity index (χ1) is 9.75. The van der Waals surface area contributed by atoms with Crippen molar-refractivity contribution in [3.05, 3.63) is 47.8 Å². The molecule has 1 amide bonds. The van der Waals surface area contributed by atoms with Crippen LogP contribution in [0, 0.1) is 5.82 Å². The quantitative estimate of drug-likeness (QED) is 0.818. The Morgan fingerprint density at radius 2 is 1.70 bits per heavy atom. The molecule has 0 N–H and O–H groups in total. The molecule has 2 aromatic carbocycles. The first-order valence-electron chi connectivity index (χ1n) is 7.19. The van der Waals surface area contributed by atoms with Crippen LogP contribution in [0.15, 0.2) is 36.4 Å². The number of likely N-dealkylation sites (tertiary alicyclic amines) is 1. The predicted octanol–water partition coefficient (Wildman–Crippen LogP) is 3.53. The van der Waals surface area contributed by atoms with Crippen LogP contribution < -0.4 is 0 Å². The smallest absolute Gasteiger partial charge is 0.227 e. The lowest BCUT2D eigenvalue weighted by molar-refractivity contribution is -0.131. The van der Waals surface area contributed by atoms with E-state index in [0.29, 0.717) is 11.8 Å². The molecule has 0 bridgehead atoms. The Bertz CT molecular complexity index is 632. The van der Waals surface area contributed by atoms with Gasteiger partial charge in [0, 0.05) is 18.5 Å². The fourth-order valence-electron chi connectivity index (χ4n) is 2.90. The molecule has 2 aromatic rings. The topological polar surface area (TPSA) is 20.3 Å². The maximum absolute atomic E-state index is 13.8. The minimum Gasteiger partial charge on any atom is -0.342 e. The van der Waals surface area contributed by atoms with Crippen LogP contribution >= 0.6 is 0 Å². The predicted molar refractivity (Wildman–Crippen MR) is 78.0 cm³/mol. The zero-order chi connectivity index (χ0) is 13.9. The first-order valence-corrected chi connectivity index (χ1v) is 7.19. The number of nitrogens with zero attached hydrogens (tertiary/aromatic N) is 1. The Balaban J connectivity index is 1.87. The van der Waals surface area contributed by atoms with Crippen LogP contribution in [0.4, 0.5) is 4.39 Å². The summed E-state index contributed by atoms with van der Waals surface area (Å²) in [6, 6.07) is 10.6. The van der Waals surface area contributed by atoms with Gasteiger partial charge in [-0.1, -0.05) is 30.3 Å². The number of benzene rings is 2. The van der Waals surface area contributed by atoms with E-state index in [-0.39, 0.29) is 11.7 Å². The van der Waals surface area contributed by atoms with Crippen molar-refractivity contribution in [2.45, 2.75) is 25.7 Å². The highest BCUT2D eigenvalue weighted by Crippen LogP contribution is 2.23. The van der Waals surface area contributed by atoms with E-state index >= 15 is 0 Å². The average Bonchev–Trinajstić information content (AvgIpc) is 2.51. The lowest BCUT2D eigenvalue weighted by Gasteiger charge is -2.27. The molecular weight excluding hydrogens is 253 g/mol. The van der Waals surface area contributed by atoms with Crippen molar-refractivity contribution in [1.29, 1.82) is 0 Å². The highest BCUT2D eigenvalue weighted by Gasteiger charge is 2.17. The van der Waals surface area contributed by atoms with Crippen molar-refractivity contribution in [2.75, 3.05) is 13.1 Å². The summed E-state index contributed by atoms with van der Waals surface area (Å²) >= 11 is 0. The summed E-state index contributed by atoms with van der Waals surface area (Å²) in [7, 11) is 0. The molecule has 3 rings (SSSR count). The molecule has 0 radical (unpaired) electrons. The van der Waals surface area contributed by atoms with Crippen LogP contribution in [0.25, 0.3) is 10.8 Å². The van der Waals surface area contributed by atoms with E-state index in [9.17, 15) is 9.18 Å². The van der Waals surface area contributed by atoms with Crippen LogP contribution in [0.2, 0.25) is 0 Å². The van der Waals surface area contributed by atoms with Crippen LogP contribution in [-0.2, 0) is 11.2 Å². The summed E-state index contributed by atoms with van der Waals surface area (Å²) in [6.45, 7) is 1.72. The normalized spacial score (nSPS) is 15.6. The highest BCUT2D eigenvalue weighted by molar-refractivity contribution is 5.90. The third kappa shape index (κ3) is 2.53. The standard InChI is InChI=1S/C17H18FNO/c18-16-9-8-13(14-6-2-3-7-15(14)16)12-17(20)19-10-4-1-5-11-19/h2-3,6-9H,1,4-5,10-12H2. The maximum atomic E-state index is 13.8. The van der Waals surface area contributed by atoms with E-state index in [2.05, 4.69) is 0 Å². The Morgan fingerprint density at radius 3 is 2.45 bits per heavy atom. The lowest BCUT2D eigenvalue weighted by Crippen LogP contribution is -2.36. The van der Waals surface area contributed by atoms with Crippen molar-refractivity contribution in [3.8, 4) is 0 Å². The molecule has 0 spiro atoms. The van der Waals surface area contributed by atoms with Gasteiger partial charge in [-0.15, -0.1) is 0 Å². The Kier molecular flexibility index (Phi) is 3.68. The molecule has 0 aliphatic carbocycles. The Hall–Kier alpha value is -1.90. The van der Waals surface area contributed by atoms with Gasteiger partial charge in [0.1, 0.15) is 5.82 Å². The van der Waals surface area contributed by atoms with Crippen molar-refractivity contribution >= 4 is 16.7 Å². The van der Waals surface area contributed by atoms with Crippen LogP contribution in [0.1, 0.15) is 24.8 Å². The molecule has 1 aliphatic heterocycles. The largest absolute Gasteiger partial charge is 0.342 e. The highest BCUT2D eigenvalue weighted by atomic mass is 19.1. The number of halogens is 1. The van der Waals surface area contributed by atoms with Gasteiger partial charge in [-0.05, 0) is 36.3 Å². The molecule has 20 heavy (non-hydrogen) atoms. The molecule has 1 fully saturated rings. The zero-order valence-corrected chi connectivity index (χ0v) is 11.4. The molecule has 1 saturated heterocycles. The van der Waals surface area contributed by atoms with E-state index in [1.165, 1.54) is 12.5 Å². The van der Waals surface area contributed by atoms with Gasteiger partial charge in [0.25, 0.3) is 0 Å². The second-order valence-electron chi connectivity index (χ2n) is 5.37. The first kappa shape index (κ1) is 13.1. The van der Waals surface area contributed by atoms with Gasteiger partial charge in [0.15, 0.2) is 0 Å². The van der Waals surface area contributed by atoms with Crippen LogP contribution in [0.3, 0.4) is 0 Å². The van der Waals surface area contributed by atoms with Crippen molar-refractivity contribution < 1.29 is 9.18 Å². The Morgan fingerprint density at radius 1 is 1.00 bits per heavy atom. The molecule has 1 aliphatic rings. The van der Waals surface area contributed by atoms with Crippen LogP contribution in [-0.4, -0.2) is 23.9 Å². The van der Waals surface area contributed by atoms with Gasteiger partial charge in [-0.25, -0.2) is 4.39 Å². The van der Waals surface area contributed by atoms with E-state index in [1.807, 2.05) is 23.1 Å². The molecule has 0 unspecified atom stereocenters. The number of hydrogen-bond donors (Lipinski definition) is 0. The third-order valence-electron chi connectivity index (χ3n) is 4.01. The molecule has 0 atom stereocenters. The summed E-state index contributed by atoms with van der Waals surface area (Å²) in [5.41, 5.74) is 0.914. The van der Waals surface area contributed by atoms with Crippen molar-refractivity contribution in [3.63, 3.8) is 0 Å². The molecule has 104 valence electrons. The summed E-state index contributed by atoms with van der Waals surface area (Å²) in [5, 5.41) is 1.44. The van der Waals surface area contributed by atoms with Gasteiger partial charge in [-0.3, -0.25) is 4.79 Å². The van der Waals surface area contributed by atoms with Crippen LogP contribution in [0.5, 0.6) is 0 Å². The summed E-state index contributed by atoms with van der Waals surface area (Å²) in [6.07, 6.45) is 3.76. The monoisotopic (exact) mass is 271 g/mol. The molecule has 0 aromatic heterocycles. The third-order valence-corrected chi connectivity index (χ3v) is 4.01. The number of rotatable bonds is 2. The average molecular weight is 271 g/mol. The second-order valence-corrected chi connectivity index (χ2v) is 5.37. The number of carbonyl (C=O) groups excluding carboxylic acids is 1. The van der Waals surface area contributed by atoms with Crippen molar-refractivity contribution in [1.82, 2.24) is 4.90 Å². The number of hydrogen-bond acceptors (Lipinski definition) is 1. The van der Waals surface area contributed by atoms with E-state index in [0.717, 1.165) is 36.9 Å². The minimum absolute atomic E-state index is 0.154. The summed E-state index contributed by atoms with van der Waals surface area (Å²) in [5.74, 6) is -0.0729. The maximum Gasteiger partial charge on any atom is 0.227 e. The second kappa shape index (κ2) is 5.61. The SMILES string of the molecule is O=C(Cc1ccc(F)c2ccccc12)N1CCCCC1. The number of amides is 1. The number of fused-ring (bicyclic) bond motifs is 1. The number of piperidine rings is 1. The minimum atomic E-state index is -0.227. The fourth-order valence-corrected chi connectivity index (χ4v) is 2.90. The van der Waals surface area contributed by atoms with Gasteiger partial charge in [-0.2, -0.15) is 0 Å². The van der Waals surface area contributed by atoms with Gasteiger partial charge in [0.2, 0.25) is 5.91 Å². The Labute approximate surface area is 118 Å². The summed E-state index contributed by atoms with van der Waals surface area (Å²) < 4.78 is 13.8. The van der Waals surface area contributed by atoms with Gasteiger partial charge >= 0.3 is 0 Å². The molecule has 1 heterocycles. The van der Waals surface area contributed by atoms with Gasteiger partial charge in [0.05, 0.1) is 6.42 Å². The molecule has 2 nitrogen and oxygen atoms in total. The lowest BCUT2D eigenvalue weighted by atomic mass is 10.0.